The fraction of sp³-hybridized carbons (Fsp3) is 0.636. The summed E-state index contributed by atoms with van der Waals surface area (Å²) >= 11 is 0. The van der Waals surface area contributed by atoms with Crippen LogP contribution >= 0.6 is 0 Å². The lowest BCUT2D eigenvalue weighted by Gasteiger charge is -2.33. The zero-order valence-electron chi connectivity index (χ0n) is 11.4. The second-order valence-electron chi connectivity index (χ2n) is 4.74. The first-order valence-corrected chi connectivity index (χ1v) is 7.98. The van der Waals surface area contributed by atoms with E-state index < -0.39 is 10.0 Å². The second kappa shape index (κ2) is 5.90. The molecule has 1 amide bonds. The summed E-state index contributed by atoms with van der Waals surface area (Å²) in [6.07, 6.45) is 4.48. The Morgan fingerprint density at radius 3 is 3.00 bits per heavy atom. The van der Waals surface area contributed by atoms with Crippen LogP contribution in [-0.4, -0.2) is 61.2 Å². The minimum atomic E-state index is -3.27. The summed E-state index contributed by atoms with van der Waals surface area (Å²) in [7, 11) is -1.83. The van der Waals surface area contributed by atoms with Crippen LogP contribution < -0.4 is 5.32 Å². The Morgan fingerprint density at radius 2 is 2.35 bits per heavy atom. The van der Waals surface area contributed by atoms with Crippen LogP contribution in [0.5, 0.6) is 0 Å². The van der Waals surface area contributed by atoms with Crippen molar-refractivity contribution in [2.45, 2.75) is 12.6 Å². The minimum absolute atomic E-state index is 0.0146. The van der Waals surface area contributed by atoms with Crippen LogP contribution in [0.4, 0.5) is 0 Å². The standard InChI is InChI=1S/C11H18N4O4S/c1-19-7-11(16)13-4-10-6-14(20(2,17)18)5-9-3-12-8-15(9)10/h3,8,10H,4-7H2,1-2H3,(H,13,16)/t10-/m0/s1. The number of hydrogen-bond acceptors (Lipinski definition) is 5. The van der Waals surface area contributed by atoms with Gasteiger partial charge in [-0.25, -0.2) is 13.4 Å². The van der Waals surface area contributed by atoms with Crippen molar-refractivity contribution >= 4 is 15.9 Å². The van der Waals surface area contributed by atoms with Crippen molar-refractivity contribution in [1.29, 1.82) is 0 Å². The molecule has 112 valence electrons. The number of ether oxygens (including phenoxy) is 1. The van der Waals surface area contributed by atoms with Crippen LogP contribution in [0.15, 0.2) is 12.5 Å². The van der Waals surface area contributed by atoms with E-state index in [4.69, 9.17) is 4.74 Å². The van der Waals surface area contributed by atoms with Crippen LogP contribution in [0.3, 0.4) is 0 Å². The SMILES string of the molecule is COCC(=O)NC[C@H]1CN(S(C)(=O)=O)Cc2cncn21. The molecule has 8 nitrogen and oxygen atoms in total. The third kappa shape index (κ3) is 3.35. The third-order valence-corrected chi connectivity index (χ3v) is 4.39. The summed E-state index contributed by atoms with van der Waals surface area (Å²) in [5, 5.41) is 2.72. The van der Waals surface area contributed by atoms with Gasteiger partial charge in [-0.3, -0.25) is 4.79 Å². The number of sulfonamides is 1. The highest BCUT2D eigenvalue weighted by molar-refractivity contribution is 7.88. The Hall–Kier alpha value is -1.45. The number of carbonyl (C=O) groups is 1. The summed E-state index contributed by atoms with van der Waals surface area (Å²) in [5.74, 6) is -0.231. The van der Waals surface area contributed by atoms with Crippen LogP contribution in [0, 0.1) is 0 Å². The van der Waals surface area contributed by atoms with Gasteiger partial charge in [0.15, 0.2) is 0 Å². The maximum Gasteiger partial charge on any atom is 0.246 e. The molecule has 0 unspecified atom stereocenters. The summed E-state index contributed by atoms with van der Waals surface area (Å²) in [5.41, 5.74) is 0.813. The fourth-order valence-corrected chi connectivity index (χ4v) is 2.99. The first-order chi connectivity index (χ1) is 9.41. The predicted molar refractivity (Wildman–Crippen MR) is 71.4 cm³/mol. The van der Waals surface area contributed by atoms with Crippen molar-refractivity contribution in [3.05, 3.63) is 18.2 Å². The number of hydrogen-bond donors (Lipinski definition) is 1. The van der Waals surface area contributed by atoms with Gasteiger partial charge < -0.3 is 14.6 Å². The van der Waals surface area contributed by atoms with Crippen molar-refractivity contribution in [2.75, 3.05) is 33.1 Å². The summed E-state index contributed by atoms with van der Waals surface area (Å²) < 4.78 is 31.4. The first-order valence-electron chi connectivity index (χ1n) is 6.13. The summed E-state index contributed by atoms with van der Waals surface area (Å²) in [4.78, 5) is 15.5. The van der Waals surface area contributed by atoms with Crippen molar-refractivity contribution in [2.24, 2.45) is 0 Å². The van der Waals surface area contributed by atoms with E-state index in [9.17, 15) is 13.2 Å². The van der Waals surface area contributed by atoms with E-state index in [1.165, 1.54) is 17.7 Å². The number of carbonyl (C=O) groups excluding carboxylic acids is 1. The van der Waals surface area contributed by atoms with Gasteiger partial charge in [-0.2, -0.15) is 4.31 Å². The number of aromatic nitrogens is 2. The molecule has 0 saturated carbocycles. The van der Waals surface area contributed by atoms with E-state index >= 15 is 0 Å². The number of methoxy groups -OCH3 is 1. The molecule has 0 radical (unpaired) electrons. The smallest absolute Gasteiger partial charge is 0.246 e. The molecule has 2 heterocycles. The summed E-state index contributed by atoms with van der Waals surface area (Å²) in [6, 6.07) is -0.170. The Bertz CT molecular complexity index is 583. The molecule has 1 N–H and O–H groups in total. The highest BCUT2D eigenvalue weighted by Crippen LogP contribution is 2.22. The van der Waals surface area contributed by atoms with Gasteiger partial charge in [0.2, 0.25) is 15.9 Å². The molecule has 0 saturated heterocycles. The van der Waals surface area contributed by atoms with Gasteiger partial charge in [0.05, 0.1) is 30.9 Å². The lowest BCUT2D eigenvalue weighted by molar-refractivity contribution is -0.124. The monoisotopic (exact) mass is 302 g/mol. The molecule has 1 aromatic heterocycles. The molecular weight excluding hydrogens is 284 g/mol. The second-order valence-corrected chi connectivity index (χ2v) is 6.72. The van der Waals surface area contributed by atoms with Crippen molar-refractivity contribution in [1.82, 2.24) is 19.2 Å². The molecule has 20 heavy (non-hydrogen) atoms. The van der Waals surface area contributed by atoms with E-state index in [1.807, 2.05) is 4.57 Å². The highest BCUT2D eigenvalue weighted by Gasteiger charge is 2.29. The topological polar surface area (TPSA) is 93.5 Å². The van der Waals surface area contributed by atoms with Crippen LogP contribution in [0.2, 0.25) is 0 Å². The number of rotatable bonds is 5. The zero-order valence-corrected chi connectivity index (χ0v) is 12.3. The van der Waals surface area contributed by atoms with Gasteiger partial charge in [-0.15, -0.1) is 0 Å². The molecule has 0 spiro atoms. The van der Waals surface area contributed by atoms with Crippen LogP contribution in [0.1, 0.15) is 11.7 Å². The average molecular weight is 302 g/mol. The number of nitrogens with one attached hydrogen (secondary N) is 1. The highest BCUT2D eigenvalue weighted by atomic mass is 32.2. The number of amides is 1. The molecule has 9 heteroatoms. The molecule has 0 aliphatic carbocycles. The predicted octanol–water partition coefficient (Wildman–Crippen LogP) is -1.04. The minimum Gasteiger partial charge on any atom is -0.375 e. The van der Waals surface area contributed by atoms with Crippen LogP contribution in [-0.2, 0) is 26.1 Å². The van der Waals surface area contributed by atoms with E-state index in [0.29, 0.717) is 19.6 Å². The Kier molecular flexibility index (Phi) is 4.41. The van der Waals surface area contributed by atoms with Gasteiger partial charge in [0.1, 0.15) is 6.61 Å². The maximum absolute atomic E-state index is 11.7. The van der Waals surface area contributed by atoms with Gasteiger partial charge in [0.25, 0.3) is 0 Å². The average Bonchev–Trinajstić information content (AvgIpc) is 2.83. The lowest BCUT2D eigenvalue weighted by Crippen LogP contribution is -2.44. The van der Waals surface area contributed by atoms with Gasteiger partial charge in [0, 0.05) is 26.4 Å². The molecule has 1 aromatic rings. The lowest BCUT2D eigenvalue weighted by atomic mass is 10.2. The van der Waals surface area contributed by atoms with Crippen molar-refractivity contribution in [3.8, 4) is 0 Å². The third-order valence-electron chi connectivity index (χ3n) is 3.17. The fourth-order valence-electron chi connectivity index (χ4n) is 2.18. The molecule has 0 fully saturated rings. The molecule has 1 aliphatic rings. The maximum atomic E-state index is 11.7. The van der Waals surface area contributed by atoms with Gasteiger partial charge in [-0.05, 0) is 0 Å². The Labute approximate surface area is 117 Å². The van der Waals surface area contributed by atoms with E-state index in [0.717, 1.165) is 5.69 Å². The van der Waals surface area contributed by atoms with E-state index in [1.54, 1.807) is 12.5 Å². The molecular formula is C11H18N4O4S. The summed E-state index contributed by atoms with van der Waals surface area (Å²) in [6.45, 7) is 0.938. The molecule has 1 aliphatic heterocycles. The number of imidazole rings is 1. The van der Waals surface area contributed by atoms with Gasteiger partial charge in [-0.1, -0.05) is 0 Å². The normalized spacial score (nSPS) is 19.6. The molecule has 2 rings (SSSR count). The Balaban J connectivity index is 2.10. The largest absolute Gasteiger partial charge is 0.375 e. The number of fused-ring (bicyclic) bond motifs is 1. The molecule has 1 atom stereocenters. The molecule has 0 bridgehead atoms. The van der Waals surface area contributed by atoms with Crippen LogP contribution in [0.25, 0.3) is 0 Å². The quantitative estimate of drug-likeness (QED) is 0.750. The number of nitrogens with zero attached hydrogens (tertiary/aromatic N) is 3. The molecule has 0 aromatic carbocycles. The Morgan fingerprint density at radius 1 is 1.60 bits per heavy atom. The zero-order chi connectivity index (χ0) is 14.8. The van der Waals surface area contributed by atoms with E-state index in [-0.39, 0.29) is 18.6 Å². The first kappa shape index (κ1) is 14.9. The van der Waals surface area contributed by atoms with Crippen molar-refractivity contribution < 1.29 is 17.9 Å². The van der Waals surface area contributed by atoms with Crippen molar-refractivity contribution in [3.63, 3.8) is 0 Å². The van der Waals surface area contributed by atoms with Gasteiger partial charge >= 0.3 is 0 Å². The van der Waals surface area contributed by atoms with E-state index in [2.05, 4.69) is 10.3 Å².